The molecule has 4 heteroatoms. The minimum absolute atomic E-state index is 0.307. The van der Waals surface area contributed by atoms with Crippen molar-refractivity contribution in [1.82, 2.24) is 9.55 Å². The van der Waals surface area contributed by atoms with E-state index in [4.69, 9.17) is 4.74 Å². The smallest absolute Gasteiger partial charge is 0.229 e. The number of para-hydroxylation sites is 1. The van der Waals surface area contributed by atoms with Crippen LogP contribution >= 0.6 is 0 Å². The summed E-state index contributed by atoms with van der Waals surface area (Å²) in [5.74, 6) is 0.455. The van der Waals surface area contributed by atoms with Gasteiger partial charge < -0.3 is 4.74 Å². The molecule has 2 aromatic rings. The van der Waals surface area contributed by atoms with Gasteiger partial charge in [0.25, 0.3) is 0 Å². The van der Waals surface area contributed by atoms with E-state index in [1.165, 1.54) is 7.11 Å². The number of imidazole rings is 1. The van der Waals surface area contributed by atoms with E-state index in [1.54, 1.807) is 10.9 Å². The zero-order valence-corrected chi connectivity index (χ0v) is 8.25. The predicted octanol–water partition coefficient (Wildman–Crippen LogP) is 1.69. The second kappa shape index (κ2) is 3.96. The van der Waals surface area contributed by atoms with Crippen LogP contribution in [-0.2, 0) is 0 Å². The maximum atomic E-state index is 10.7. The summed E-state index contributed by atoms with van der Waals surface area (Å²) in [5.41, 5.74) is 1.22. The van der Waals surface area contributed by atoms with Crippen molar-refractivity contribution in [2.45, 2.75) is 0 Å². The molecule has 0 amide bonds. The first-order valence-electron chi connectivity index (χ1n) is 4.48. The number of aldehydes is 1. The van der Waals surface area contributed by atoms with Gasteiger partial charge in [-0.15, -0.1) is 0 Å². The highest BCUT2D eigenvalue weighted by molar-refractivity contribution is 5.75. The second-order valence-corrected chi connectivity index (χ2v) is 2.96. The van der Waals surface area contributed by atoms with Crippen LogP contribution in [0.3, 0.4) is 0 Å². The van der Waals surface area contributed by atoms with Gasteiger partial charge >= 0.3 is 0 Å². The minimum Gasteiger partial charge on any atom is -0.480 e. The molecule has 0 aliphatic carbocycles. The molecule has 0 unspecified atom stereocenters. The maximum Gasteiger partial charge on any atom is 0.229 e. The van der Waals surface area contributed by atoms with E-state index < -0.39 is 0 Å². The lowest BCUT2D eigenvalue weighted by Crippen LogP contribution is -1.97. The Balaban J connectivity index is 2.54. The molecule has 0 saturated carbocycles. The Labute approximate surface area is 87.1 Å². The van der Waals surface area contributed by atoms with E-state index >= 15 is 0 Å². The fraction of sp³-hybridized carbons (Fsp3) is 0.0909. The van der Waals surface area contributed by atoms with Crippen molar-refractivity contribution in [2.24, 2.45) is 0 Å². The molecule has 0 spiro atoms. The third-order valence-corrected chi connectivity index (χ3v) is 2.09. The summed E-state index contributed by atoms with van der Waals surface area (Å²) in [7, 11) is 1.52. The molecule has 15 heavy (non-hydrogen) atoms. The lowest BCUT2D eigenvalue weighted by atomic mass is 10.3. The molecule has 0 radical (unpaired) electrons. The first kappa shape index (κ1) is 9.45. The zero-order valence-electron chi connectivity index (χ0n) is 8.25. The van der Waals surface area contributed by atoms with Gasteiger partial charge in [0.15, 0.2) is 12.0 Å². The summed E-state index contributed by atoms with van der Waals surface area (Å²) in [6.45, 7) is 0. The third kappa shape index (κ3) is 1.61. The fourth-order valence-corrected chi connectivity index (χ4v) is 1.41. The number of hydrogen-bond donors (Lipinski definition) is 0. The molecule has 76 valence electrons. The molecule has 1 aromatic heterocycles. The van der Waals surface area contributed by atoms with Gasteiger partial charge in [0.1, 0.15) is 6.33 Å². The number of hydrogen-bond acceptors (Lipinski definition) is 3. The Morgan fingerprint density at radius 3 is 2.67 bits per heavy atom. The van der Waals surface area contributed by atoms with Crippen LogP contribution in [-0.4, -0.2) is 22.9 Å². The van der Waals surface area contributed by atoms with E-state index in [9.17, 15) is 4.79 Å². The van der Waals surface area contributed by atoms with Crippen LogP contribution in [0.2, 0.25) is 0 Å². The molecule has 0 fully saturated rings. The number of benzene rings is 1. The highest BCUT2D eigenvalue weighted by Gasteiger charge is 2.11. The maximum absolute atomic E-state index is 10.7. The minimum atomic E-state index is 0.307. The monoisotopic (exact) mass is 202 g/mol. The van der Waals surface area contributed by atoms with Gasteiger partial charge in [0.2, 0.25) is 5.88 Å². The topological polar surface area (TPSA) is 44.1 Å². The first-order chi connectivity index (χ1) is 7.36. The quantitative estimate of drug-likeness (QED) is 0.711. The summed E-state index contributed by atoms with van der Waals surface area (Å²) in [4.78, 5) is 14.6. The summed E-state index contributed by atoms with van der Waals surface area (Å²) >= 11 is 0. The molecule has 0 atom stereocenters. The van der Waals surface area contributed by atoms with E-state index in [0.29, 0.717) is 17.9 Å². The van der Waals surface area contributed by atoms with Crippen LogP contribution < -0.4 is 4.74 Å². The molecule has 0 bridgehead atoms. The van der Waals surface area contributed by atoms with Gasteiger partial charge in [0, 0.05) is 0 Å². The summed E-state index contributed by atoms with van der Waals surface area (Å²) < 4.78 is 6.86. The summed E-state index contributed by atoms with van der Waals surface area (Å²) in [5, 5.41) is 0. The highest BCUT2D eigenvalue weighted by Crippen LogP contribution is 2.20. The van der Waals surface area contributed by atoms with E-state index in [1.807, 2.05) is 30.3 Å². The largest absolute Gasteiger partial charge is 0.480 e. The van der Waals surface area contributed by atoms with E-state index in [-0.39, 0.29) is 0 Å². The standard InChI is InChI=1S/C11H10N2O2/c1-15-11-10(7-14)12-8-13(11)9-5-3-2-4-6-9/h2-8H,1H3. The first-order valence-corrected chi connectivity index (χ1v) is 4.48. The second-order valence-electron chi connectivity index (χ2n) is 2.96. The van der Waals surface area contributed by atoms with Gasteiger partial charge in [-0.25, -0.2) is 4.98 Å². The average Bonchev–Trinajstić information content (AvgIpc) is 2.72. The van der Waals surface area contributed by atoms with Crippen molar-refractivity contribution < 1.29 is 9.53 Å². The van der Waals surface area contributed by atoms with Crippen LogP contribution in [0.15, 0.2) is 36.7 Å². The Morgan fingerprint density at radius 1 is 1.33 bits per heavy atom. The van der Waals surface area contributed by atoms with Crippen LogP contribution in [0.1, 0.15) is 10.5 Å². The zero-order chi connectivity index (χ0) is 10.7. The van der Waals surface area contributed by atoms with Crippen LogP contribution in [0.5, 0.6) is 5.88 Å². The Hall–Kier alpha value is -2.10. The van der Waals surface area contributed by atoms with Crippen LogP contribution in [0.25, 0.3) is 5.69 Å². The number of methoxy groups -OCH3 is 1. The van der Waals surface area contributed by atoms with E-state index in [0.717, 1.165) is 5.69 Å². The molecule has 0 saturated heterocycles. The number of nitrogens with zero attached hydrogens (tertiary/aromatic N) is 2. The molecular weight excluding hydrogens is 192 g/mol. The number of rotatable bonds is 3. The van der Waals surface area contributed by atoms with Gasteiger partial charge in [-0.1, -0.05) is 18.2 Å². The molecule has 4 nitrogen and oxygen atoms in total. The number of carbonyl (C=O) groups is 1. The molecule has 0 N–H and O–H groups in total. The summed E-state index contributed by atoms with van der Waals surface area (Å²) in [6.07, 6.45) is 2.25. The van der Waals surface area contributed by atoms with Gasteiger partial charge in [-0.2, -0.15) is 0 Å². The third-order valence-electron chi connectivity index (χ3n) is 2.09. The molecule has 0 aliphatic heterocycles. The Morgan fingerprint density at radius 2 is 2.07 bits per heavy atom. The van der Waals surface area contributed by atoms with Crippen LogP contribution in [0.4, 0.5) is 0 Å². The Bertz CT molecular complexity index is 463. The molecule has 1 aromatic carbocycles. The normalized spacial score (nSPS) is 9.93. The Kier molecular flexibility index (Phi) is 2.49. The SMILES string of the molecule is COc1c(C=O)ncn1-c1ccccc1. The molecule has 2 rings (SSSR count). The van der Waals surface area contributed by atoms with E-state index in [2.05, 4.69) is 4.98 Å². The van der Waals surface area contributed by atoms with Crippen molar-refractivity contribution >= 4 is 6.29 Å². The van der Waals surface area contributed by atoms with Crippen molar-refractivity contribution in [2.75, 3.05) is 7.11 Å². The predicted molar refractivity (Wildman–Crippen MR) is 55.5 cm³/mol. The van der Waals surface area contributed by atoms with Gasteiger partial charge in [-0.3, -0.25) is 9.36 Å². The lowest BCUT2D eigenvalue weighted by Gasteiger charge is -2.06. The van der Waals surface area contributed by atoms with Crippen molar-refractivity contribution in [1.29, 1.82) is 0 Å². The highest BCUT2D eigenvalue weighted by atomic mass is 16.5. The lowest BCUT2D eigenvalue weighted by molar-refractivity contribution is 0.111. The molecule has 0 aliphatic rings. The van der Waals surface area contributed by atoms with Crippen molar-refractivity contribution in [3.8, 4) is 11.6 Å². The average molecular weight is 202 g/mol. The van der Waals surface area contributed by atoms with Gasteiger partial charge in [-0.05, 0) is 12.1 Å². The van der Waals surface area contributed by atoms with Gasteiger partial charge in [0.05, 0.1) is 12.8 Å². The number of aromatic nitrogens is 2. The summed E-state index contributed by atoms with van der Waals surface area (Å²) in [6, 6.07) is 9.58. The molecular formula is C11H10N2O2. The number of ether oxygens (including phenoxy) is 1. The fourth-order valence-electron chi connectivity index (χ4n) is 1.41. The van der Waals surface area contributed by atoms with Crippen molar-refractivity contribution in [3.63, 3.8) is 0 Å². The van der Waals surface area contributed by atoms with Crippen molar-refractivity contribution in [3.05, 3.63) is 42.4 Å². The molecule has 1 heterocycles. The van der Waals surface area contributed by atoms with Crippen LogP contribution in [0, 0.1) is 0 Å². The number of carbonyl (C=O) groups excluding carboxylic acids is 1.